The largest absolute Gasteiger partial charge is 0.418 e. The second kappa shape index (κ2) is 8.71. The van der Waals surface area contributed by atoms with Gasteiger partial charge in [-0.2, -0.15) is 18.4 Å². The number of alkyl halides is 3. The van der Waals surface area contributed by atoms with Gasteiger partial charge in [-0.05, 0) is 31.2 Å². The predicted octanol–water partition coefficient (Wildman–Crippen LogP) is 5.33. The molecule has 11 heteroatoms. The second-order valence-electron chi connectivity index (χ2n) is 7.17. The summed E-state index contributed by atoms with van der Waals surface area (Å²) in [5, 5.41) is 9.25. The molecular weight excluding hydrogens is 499 g/mol. The Morgan fingerprint density at radius 3 is 2.48 bits per heavy atom. The molecule has 3 aromatic heterocycles. The van der Waals surface area contributed by atoms with E-state index in [0.717, 1.165) is 12.4 Å². The van der Waals surface area contributed by atoms with Crippen LogP contribution in [-0.2, 0) is 6.18 Å². The van der Waals surface area contributed by atoms with Gasteiger partial charge in [0.25, 0.3) is 0 Å². The normalized spacial score (nSPS) is 12.4. The van der Waals surface area contributed by atoms with Crippen LogP contribution in [0.5, 0.6) is 0 Å². The van der Waals surface area contributed by atoms with E-state index in [1.165, 1.54) is 18.6 Å². The smallest absolute Gasteiger partial charge is 0.351 e. The Hall–Kier alpha value is -3.65. The zero-order chi connectivity index (χ0) is 23.8. The number of aromatic nitrogens is 5. The Morgan fingerprint density at radius 1 is 1.06 bits per heavy atom. The second-order valence-corrected chi connectivity index (χ2v) is 8.08. The van der Waals surface area contributed by atoms with Gasteiger partial charge in [-0.25, -0.2) is 9.97 Å². The predicted molar refractivity (Wildman–Crippen MR) is 119 cm³/mol. The topological polar surface area (TPSA) is 91.5 Å². The van der Waals surface area contributed by atoms with Crippen LogP contribution in [0.15, 0.2) is 53.7 Å². The van der Waals surface area contributed by atoms with Crippen molar-refractivity contribution in [3.05, 3.63) is 70.5 Å². The fraction of sp³-hybridized carbons (Fsp3) is 0.182. The lowest BCUT2D eigenvalue weighted by molar-refractivity contribution is -0.136. The molecule has 4 aromatic rings. The lowest BCUT2D eigenvalue weighted by Gasteiger charge is -2.27. The SMILES string of the molecule is CC(c1nccnc1-c1ccc(C#N)cn1)N(C)c1ncnc2c(C(F)(F)F)cc(Br)cc12. The Kier molecular flexibility index (Phi) is 5.95. The Bertz CT molecular complexity index is 1370. The Balaban J connectivity index is 1.81. The molecule has 0 bridgehead atoms. The van der Waals surface area contributed by atoms with Gasteiger partial charge in [-0.1, -0.05) is 15.9 Å². The van der Waals surface area contributed by atoms with Crippen molar-refractivity contribution in [2.75, 3.05) is 11.9 Å². The Morgan fingerprint density at radius 2 is 1.82 bits per heavy atom. The van der Waals surface area contributed by atoms with Gasteiger partial charge >= 0.3 is 6.18 Å². The summed E-state index contributed by atoms with van der Waals surface area (Å²) in [5.41, 5.74) is 0.938. The lowest BCUT2D eigenvalue weighted by Crippen LogP contribution is -2.25. The quantitative estimate of drug-likeness (QED) is 0.364. The van der Waals surface area contributed by atoms with Crippen LogP contribution < -0.4 is 4.90 Å². The molecule has 0 saturated carbocycles. The zero-order valence-electron chi connectivity index (χ0n) is 17.3. The summed E-state index contributed by atoms with van der Waals surface area (Å²) in [7, 11) is 1.71. The molecule has 4 rings (SSSR count). The van der Waals surface area contributed by atoms with E-state index in [1.54, 1.807) is 30.1 Å². The number of halogens is 4. The maximum absolute atomic E-state index is 13.6. The molecule has 0 N–H and O–H groups in total. The van der Waals surface area contributed by atoms with E-state index in [-0.39, 0.29) is 15.4 Å². The molecule has 166 valence electrons. The van der Waals surface area contributed by atoms with E-state index in [0.29, 0.717) is 28.5 Å². The van der Waals surface area contributed by atoms with E-state index < -0.39 is 17.8 Å². The van der Waals surface area contributed by atoms with Gasteiger partial charge in [-0.3, -0.25) is 15.0 Å². The number of benzene rings is 1. The highest BCUT2D eigenvalue weighted by molar-refractivity contribution is 9.10. The summed E-state index contributed by atoms with van der Waals surface area (Å²) in [6, 6.07) is 7.44. The van der Waals surface area contributed by atoms with Gasteiger partial charge in [0, 0.05) is 35.5 Å². The fourth-order valence-electron chi connectivity index (χ4n) is 3.44. The number of nitrogens with zero attached hydrogens (tertiary/aromatic N) is 7. The number of fused-ring (bicyclic) bond motifs is 1. The van der Waals surface area contributed by atoms with Gasteiger partial charge in [0.2, 0.25) is 0 Å². The third kappa shape index (κ3) is 4.34. The number of rotatable bonds is 4. The third-order valence-corrected chi connectivity index (χ3v) is 5.62. The van der Waals surface area contributed by atoms with Crippen LogP contribution in [0.25, 0.3) is 22.3 Å². The molecule has 0 spiro atoms. The molecular formula is C22H15BrF3N7. The van der Waals surface area contributed by atoms with Gasteiger partial charge in [0.1, 0.15) is 23.9 Å². The highest BCUT2D eigenvalue weighted by Crippen LogP contribution is 2.39. The van der Waals surface area contributed by atoms with Gasteiger partial charge in [0.05, 0.1) is 34.1 Å². The van der Waals surface area contributed by atoms with Gasteiger partial charge in [0.15, 0.2) is 0 Å². The molecule has 0 aliphatic heterocycles. The minimum Gasteiger partial charge on any atom is -0.351 e. The first-order chi connectivity index (χ1) is 15.7. The average molecular weight is 514 g/mol. The summed E-state index contributed by atoms with van der Waals surface area (Å²) in [4.78, 5) is 23.0. The summed E-state index contributed by atoms with van der Waals surface area (Å²) >= 11 is 3.17. The summed E-state index contributed by atoms with van der Waals surface area (Å²) < 4.78 is 41.1. The van der Waals surface area contributed by atoms with Crippen molar-refractivity contribution in [3.63, 3.8) is 0 Å². The van der Waals surface area contributed by atoms with Crippen LogP contribution in [0.4, 0.5) is 19.0 Å². The molecule has 0 aliphatic carbocycles. The monoisotopic (exact) mass is 513 g/mol. The van der Waals surface area contributed by atoms with Crippen LogP contribution in [0.1, 0.15) is 29.8 Å². The van der Waals surface area contributed by atoms with Gasteiger partial charge in [-0.15, -0.1) is 0 Å². The van der Waals surface area contributed by atoms with E-state index in [1.807, 2.05) is 13.0 Å². The number of nitriles is 1. The molecule has 1 unspecified atom stereocenters. The highest BCUT2D eigenvalue weighted by Gasteiger charge is 2.34. The van der Waals surface area contributed by atoms with Gasteiger partial charge < -0.3 is 4.90 Å². The first-order valence-electron chi connectivity index (χ1n) is 9.62. The Labute approximate surface area is 195 Å². The molecule has 0 radical (unpaired) electrons. The van der Waals surface area contributed by atoms with E-state index in [2.05, 4.69) is 40.8 Å². The zero-order valence-corrected chi connectivity index (χ0v) is 18.9. The standard InChI is InChI=1S/C22H15BrF3N7/c1-12(18-20(29-6-5-28-18)17-4-3-13(9-27)10-30-17)33(2)21-15-7-14(23)8-16(22(24,25)26)19(15)31-11-32-21/h3-8,10-12H,1-2H3. The number of hydrogen-bond acceptors (Lipinski definition) is 7. The molecule has 1 atom stereocenters. The van der Waals surface area contributed by atoms with Crippen LogP contribution in [0, 0.1) is 11.3 Å². The molecule has 33 heavy (non-hydrogen) atoms. The van der Waals surface area contributed by atoms with Crippen molar-refractivity contribution in [3.8, 4) is 17.5 Å². The summed E-state index contributed by atoms with van der Waals surface area (Å²) in [6.07, 6.45) is 1.04. The van der Waals surface area contributed by atoms with Crippen molar-refractivity contribution < 1.29 is 13.2 Å². The molecule has 7 nitrogen and oxygen atoms in total. The lowest BCUT2D eigenvalue weighted by atomic mass is 10.1. The highest BCUT2D eigenvalue weighted by atomic mass is 79.9. The number of pyridine rings is 1. The molecule has 0 aliphatic rings. The maximum Gasteiger partial charge on any atom is 0.418 e. The van der Waals surface area contributed by atoms with Crippen molar-refractivity contribution >= 4 is 32.7 Å². The van der Waals surface area contributed by atoms with Crippen molar-refractivity contribution in [2.24, 2.45) is 0 Å². The molecule has 0 amide bonds. The van der Waals surface area contributed by atoms with Crippen LogP contribution in [0.3, 0.4) is 0 Å². The average Bonchev–Trinajstić information content (AvgIpc) is 2.81. The first kappa shape index (κ1) is 22.5. The van der Waals surface area contributed by atoms with Crippen LogP contribution in [0.2, 0.25) is 0 Å². The maximum atomic E-state index is 13.6. The molecule has 1 aromatic carbocycles. The fourth-order valence-corrected chi connectivity index (χ4v) is 3.89. The van der Waals surface area contributed by atoms with E-state index >= 15 is 0 Å². The minimum atomic E-state index is -4.57. The molecule has 3 heterocycles. The number of hydrogen-bond donors (Lipinski definition) is 0. The summed E-state index contributed by atoms with van der Waals surface area (Å²) in [5.74, 6) is 0.309. The van der Waals surface area contributed by atoms with Crippen LogP contribution in [-0.4, -0.2) is 32.0 Å². The molecule has 0 fully saturated rings. The van der Waals surface area contributed by atoms with Crippen LogP contribution >= 0.6 is 15.9 Å². The molecule has 0 saturated heterocycles. The summed E-state index contributed by atoms with van der Waals surface area (Å²) in [6.45, 7) is 1.84. The van der Waals surface area contributed by atoms with E-state index in [4.69, 9.17) is 5.26 Å². The van der Waals surface area contributed by atoms with Crippen molar-refractivity contribution in [1.82, 2.24) is 24.9 Å². The minimum absolute atomic E-state index is 0.192. The third-order valence-electron chi connectivity index (χ3n) is 5.16. The van der Waals surface area contributed by atoms with E-state index in [9.17, 15) is 13.2 Å². The van der Waals surface area contributed by atoms with Crippen molar-refractivity contribution in [1.29, 1.82) is 5.26 Å². The number of anilines is 1. The first-order valence-corrected chi connectivity index (χ1v) is 10.4. The van der Waals surface area contributed by atoms with Crippen molar-refractivity contribution in [2.45, 2.75) is 19.1 Å².